The van der Waals surface area contributed by atoms with Crippen molar-refractivity contribution in [1.82, 2.24) is 4.90 Å². The zero-order valence-corrected chi connectivity index (χ0v) is 11.9. The highest BCUT2D eigenvalue weighted by Crippen LogP contribution is 2.26. The molecule has 1 saturated heterocycles. The van der Waals surface area contributed by atoms with Crippen LogP contribution in [0.3, 0.4) is 0 Å². The zero-order valence-electron chi connectivity index (χ0n) is 11.0. The summed E-state index contributed by atoms with van der Waals surface area (Å²) in [5, 5.41) is 10.0. The number of nitriles is 1. The Morgan fingerprint density at radius 1 is 1.39 bits per heavy atom. The standard InChI is InChI=1S/C15H20N2S/c1-12-13(2)18-9-8-17(12)11-15(10-16)14-6-4-3-5-7-14/h3-7,12-13,15H,8-9,11H2,1-2H3. The van der Waals surface area contributed by atoms with E-state index in [0.29, 0.717) is 11.3 Å². The van der Waals surface area contributed by atoms with Crippen molar-refractivity contribution < 1.29 is 0 Å². The third-order valence-electron chi connectivity index (χ3n) is 3.79. The van der Waals surface area contributed by atoms with E-state index < -0.39 is 0 Å². The van der Waals surface area contributed by atoms with Crippen LogP contribution in [0.25, 0.3) is 0 Å². The number of benzene rings is 1. The molecule has 2 nitrogen and oxygen atoms in total. The van der Waals surface area contributed by atoms with E-state index in [4.69, 9.17) is 0 Å². The highest BCUT2D eigenvalue weighted by atomic mass is 32.2. The van der Waals surface area contributed by atoms with Crippen molar-refractivity contribution in [2.75, 3.05) is 18.8 Å². The quantitative estimate of drug-likeness (QED) is 0.835. The molecule has 1 fully saturated rings. The van der Waals surface area contributed by atoms with Gasteiger partial charge in [-0.15, -0.1) is 0 Å². The third kappa shape index (κ3) is 3.07. The van der Waals surface area contributed by atoms with Crippen LogP contribution in [0.1, 0.15) is 25.3 Å². The molecule has 18 heavy (non-hydrogen) atoms. The van der Waals surface area contributed by atoms with Crippen LogP contribution in [0.4, 0.5) is 0 Å². The Balaban J connectivity index is 2.05. The van der Waals surface area contributed by atoms with Crippen molar-refractivity contribution in [3.05, 3.63) is 35.9 Å². The van der Waals surface area contributed by atoms with Gasteiger partial charge >= 0.3 is 0 Å². The van der Waals surface area contributed by atoms with E-state index in [0.717, 1.165) is 18.7 Å². The van der Waals surface area contributed by atoms with Crippen LogP contribution >= 0.6 is 11.8 Å². The molecule has 1 aliphatic heterocycles. The Bertz CT molecular complexity index is 412. The fourth-order valence-electron chi connectivity index (χ4n) is 2.39. The molecular weight excluding hydrogens is 240 g/mol. The third-order valence-corrected chi connectivity index (χ3v) is 5.13. The van der Waals surface area contributed by atoms with Crippen molar-refractivity contribution in [2.24, 2.45) is 0 Å². The van der Waals surface area contributed by atoms with Gasteiger partial charge in [0.15, 0.2) is 0 Å². The number of nitrogens with zero attached hydrogens (tertiary/aromatic N) is 2. The molecule has 1 heterocycles. The first-order valence-corrected chi connectivity index (χ1v) is 7.57. The maximum Gasteiger partial charge on any atom is 0.0839 e. The highest BCUT2D eigenvalue weighted by molar-refractivity contribution is 8.00. The summed E-state index contributed by atoms with van der Waals surface area (Å²) in [4.78, 5) is 2.46. The molecule has 1 aromatic rings. The Morgan fingerprint density at radius 2 is 2.11 bits per heavy atom. The smallest absolute Gasteiger partial charge is 0.0839 e. The van der Waals surface area contributed by atoms with Crippen molar-refractivity contribution >= 4 is 11.8 Å². The average Bonchev–Trinajstić information content (AvgIpc) is 2.41. The molecule has 96 valence electrons. The molecule has 1 aromatic carbocycles. The van der Waals surface area contributed by atoms with E-state index in [1.165, 1.54) is 5.75 Å². The second kappa shape index (κ2) is 6.26. The van der Waals surface area contributed by atoms with E-state index in [-0.39, 0.29) is 5.92 Å². The molecule has 0 saturated carbocycles. The summed E-state index contributed by atoms with van der Waals surface area (Å²) in [7, 11) is 0. The molecule has 0 bridgehead atoms. The first-order chi connectivity index (χ1) is 8.72. The number of thioether (sulfide) groups is 1. The molecule has 2 rings (SSSR count). The number of hydrogen-bond donors (Lipinski definition) is 0. The molecule has 0 radical (unpaired) electrons. The first-order valence-electron chi connectivity index (χ1n) is 6.52. The monoisotopic (exact) mass is 260 g/mol. The van der Waals surface area contributed by atoms with Gasteiger partial charge in [0.1, 0.15) is 0 Å². The van der Waals surface area contributed by atoms with Gasteiger partial charge in [0.2, 0.25) is 0 Å². The minimum absolute atomic E-state index is 0.0102. The van der Waals surface area contributed by atoms with Crippen molar-refractivity contribution in [2.45, 2.75) is 31.1 Å². The van der Waals surface area contributed by atoms with Gasteiger partial charge in [0, 0.05) is 30.1 Å². The second-order valence-electron chi connectivity index (χ2n) is 4.90. The minimum Gasteiger partial charge on any atom is -0.297 e. The maximum atomic E-state index is 9.38. The SMILES string of the molecule is CC1SCCN(CC(C#N)c2ccccc2)C1C. The average molecular weight is 260 g/mol. The fourth-order valence-corrected chi connectivity index (χ4v) is 3.56. The molecule has 0 spiro atoms. The molecule has 0 amide bonds. The van der Waals surface area contributed by atoms with Crippen LogP contribution < -0.4 is 0 Å². The predicted octanol–water partition coefficient (Wildman–Crippen LogP) is 3.12. The van der Waals surface area contributed by atoms with Crippen LogP contribution in [0.15, 0.2) is 30.3 Å². The lowest BCUT2D eigenvalue weighted by Gasteiger charge is -2.38. The largest absolute Gasteiger partial charge is 0.297 e. The Morgan fingerprint density at radius 3 is 2.78 bits per heavy atom. The summed E-state index contributed by atoms with van der Waals surface area (Å²) in [5.74, 6) is 1.17. The van der Waals surface area contributed by atoms with Gasteiger partial charge in [0.25, 0.3) is 0 Å². The van der Waals surface area contributed by atoms with Crippen LogP contribution in [0.5, 0.6) is 0 Å². The second-order valence-corrected chi connectivity index (χ2v) is 6.39. The number of hydrogen-bond acceptors (Lipinski definition) is 3. The number of rotatable bonds is 3. The molecular formula is C15H20N2S. The van der Waals surface area contributed by atoms with Crippen LogP contribution in [-0.4, -0.2) is 35.0 Å². The zero-order chi connectivity index (χ0) is 13.0. The van der Waals surface area contributed by atoms with Gasteiger partial charge in [-0.05, 0) is 12.5 Å². The molecule has 0 aromatic heterocycles. The lowest BCUT2D eigenvalue weighted by Crippen LogP contribution is -2.46. The van der Waals surface area contributed by atoms with E-state index in [2.05, 4.69) is 36.9 Å². The summed E-state index contributed by atoms with van der Waals surface area (Å²) in [6.07, 6.45) is 0. The maximum absolute atomic E-state index is 9.38. The molecule has 1 aliphatic rings. The van der Waals surface area contributed by atoms with E-state index in [1.54, 1.807) is 0 Å². The topological polar surface area (TPSA) is 27.0 Å². The molecule has 3 heteroatoms. The van der Waals surface area contributed by atoms with E-state index >= 15 is 0 Å². The highest BCUT2D eigenvalue weighted by Gasteiger charge is 2.27. The van der Waals surface area contributed by atoms with Gasteiger partial charge in [-0.25, -0.2) is 0 Å². The fraction of sp³-hybridized carbons (Fsp3) is 0.533. The van der Waals surface area contributed by atoms with E-state index in [1.807, 2.05) is 30.0 Å². The van der Waals surface area contributed by atoms with Crippen molar-refractivity contribution in [3.8, 4) is 6.07 Å². The molecule has 3 unspecified atom stereocenters. The predicted molar refractivity (Wildman–Crippen MR) is 77.8 cm³/mol. The Hall–Kier alpha value is -0.980. The summed E-state index contributed by atoms with van der Waals surface area (Å²) >= 11 is 2.04. The van der Waals surface area contributed by atoms with Crippen LogP contribution in [0.2, 0.25) is 0 Å². The Labute approximate surface area is 114 Å². The minimum atomic E-state index is -0.0102. The van der Waals surface area contributed by atoms with Crippen molar-refractivity contribution in [3.63, 3.8) is 0 Å². The lowest BCUT2D eigenvalue weighted by molar-refractivity contribution is 0.209. The van der Waals surface area contributed by atoms with Crippen LogP contribution in [0, 0.1) is 11.3 Å². The first kappa shape index (κ1) is 13.5. The van der Waals surface area contributed by atoms with Gasteiger partial charge in [-0.3, -0.25) is 4.90 Å². The summed E-state index contributed by atoms with van der Waals surface area (Å²) in [6.45, 7) is 6.51. The van der Waals surface area contributed by atoms with Crippen LogP contribution in [-0.2, 0) is 0 Å². The molecule has 3 atom stereocenters. The van der Waals surface area contributed by atoms with Gasteiger partial charge in [0.05, 0.1) is 12.0 Å². The van der Waals surface area contributed by atoms with Gasteiger partial charge in [-0.1, -0.05) is 37.3 Å². The van der Waals surface area contributed by atoms with Crippen molar-refractivity contribution in [1.29, 1.82) is 5.26 Å². The summed E-state index contributed by atoms with van der Waals surface area (Å²) in [5.41, 5.74) is 1.14. The normalized spacial score (nSPS) is 26.5. The van der Waals surface area contributed by atoms with Gasteiger partial charge < -0.3 is 0 Å². The molecule has 0 aliphatic carbocycles. The molecule has 0 N–H and O–H groups in total. The lowest BCUT2D eigenvalue weighted by atomic mass is 9.99. The summed E-state index contributed by atoms with van der Waals surface area (Å²) in [6, 6.07) is 13.1. The summed E-state index contributed by atoms with van der Waals surface area (Å²) < 4.78 is 0. The van der Waals surface area contributed by atoms with E-state index in [9.17, 15) is 5.26 Å². The Kier molecular flexibility index (Phi) is 4.68. The van der Waals surface area contributed by atoms with Gasteiger partial charge in [-0.2, -0.15) is 17.0 Å².